The van der Waals surface area contributed by atoms with Gasteiger partial charge in [-0.2, -0.15) is 0 Å². The Hall–Kier alpha value is -1.00. The second kappa shape index (κ2) is 6.41. The highest BCUT2D eigenvalue weighted by molar-refractivity contribution is 5.29. The van der Waals surface area contributed by atoms with E-state index in [-0.39, 0.29) is 11.1 Å². The van der Waals surface area contributed by atoms with Crippen LogP contribution in [0, 0.1) is 18.6 Å². The molecule has 4 heteroatoms. The average molecular weight is 297 g/mol. The fraction of sp³-hybridized carbons (Fsp3) is 0.647. The quantitative estimate of drug-likeness (QED) is 0.889. The zero-order chi connectivity index (χ0) is 15.6. The Balaban J connectivity index is 2.44. The van der Waals surface area contributed by atoms with Crippen LogP contribution in [-0.4, -0.2) is 28.6 Å². The Morgan fingerprint density at radius 3 is 2.24 bits per heavy atom. The maximum atomic E-state index is 14.3. The van der Waals surface area contributed by atoms with Gasteiger partial charge in [0.2, 0.25) is 0 Å². The number of benzene rings is 1. The molecule has 0 radical (unpaired) electrons. The maximum absolute atomic E-state index is 14.3. The summed E-state index contributed by atoms with van der Waals surface area (Å²) in [6.45, 7) is 7.21. The van der Waals surface area contributed by atoms with Crippen LogP contribution in [0.4, 0.5) is 8.78 Å². The van der Waals surface area contributed by atoms with Gasteiger partial charge >= 0.3 is 0 Å². The normalized spacial score (nSPS) is 19.2. The van der Waals surface area contributed by atoms with Gasteiger partial charge in [-0.1, -0.05) is 38.8 Å². The topological polar surface area (TPSA) is 23.5 Å². The monoisotopic (exact) mass is 297 g/mol. The molecule has 0 heterocycles. The van der Waals surface area contributed by atoms with Gasteiger partial charge in [-0.3, -0.25) is 4.90 Å². The third-order valence-electron chi connectivity index (χ3n) is 4.97. The summed E-state index contributed by atoms with van der Waals surface area (Å²) in [5.74, 6) is -1.75. The minimum atomic E-state index is -0.991. The lowest BCUT2D eigenvalue weighted by Crippen LogP contribution is -2.51. The third-order valence-corrected chi connectivity index (χ3v) is 4.97. The van der Waals surface area contributed by atoms with Crippen molar-refractivity contribution in [2.45, 2.75) is 58.1 Å². The zero-order valence-electron chi connectivity index (χ0n) is 13.1. The predicted molar refractivity (Wildman–Crippen MR) is 80.2 cm³/mol. The average Bonchev–Trinajstić information content (AvgIpc) is 2.96. The van der Waals surface area contributed by atoms with E-state index in [4.69, 9.17) is 0 Å². The molecular formula is C17H25F2NO. The van der Waals surface area contributed by atoms with E-state index in [0.29, 0.717) is 0 Å². The van der Waals surface area contributed by atoms with Crippen LogP contribution in [0.5, 0.6) is 0 Å². The van der Waals surface area contributed by atoms with Gasteiger partial charge in [0.05, 0.1) is 5.54 Å². The van der Waals surface area contributed by atoms with E-state index in [0.717, 1.165) is 38.8 Å². The fourth-order valence-corrected chi connectivity index (χ4v) is 3.76. The molecule has 1 aromatic carbocycles. The van der Waals surface area contributed by atoms with Crippen molar-refractivity contribution >= 4 is 0 Å². The van der Waals surface area contributed by atoms with Crippen LogP contribution < -0.4 is 0 Å². The summed E-state index contributed by atoms with van der Waals surface area (Å²) in [6, 6.07) is 3.07. The molecule has 118 valence electrons. The van der Waals surface area contributed by atoms with Crippen molar-refractivity contribution in [2.24, 2.45) is 0 Å². The maximum Gasteiger partial charge on any atom is 0.164 e. The Labute approximate surface area is 125 Å². The molecule has 2 rings (SSSR count). The van der Waals surface area contributed by atoms with Crippen LogP contribution in [0.25, 0.3) is 0 Å². The van der Waals surface area contributed by atoms with Crippen molar-refractivity contribution in [3.63, 3.8) is 0 Å². The van der Waals surface area contributed by atoms with Gasteiger partial charge in [-0.25, -0.2) is 8.78 Å². The SMILES string of the molecule is CCN(CC)C1(C(O)c2ccc(C)c(F)c2F)CCCC1. The summed E-state index contributed by atoms with van der Waals surface area (Å²) in [7, 11) is 0. The van der Waals surface area contributed by atoms with E-state index in [2.05, 4.69) is 4.90 Å². The lowest BCUT2D eigenvalue weighted by atomic mass is 9.83. The molecule has 1 aliphatic rings. The molecule has 1 N–H and O–H groups in total. The van der Waals surface area contributed by atoms with E-state index in [1.165, 1.54) is 13.0 Å². The van der Waals surface area contributed by atoms with Gasteiger partial charge in [-0.15, -0.1) is 0 Å². The first-order chi connectivity index (χ1) is 9.97. The fourth-order valence-electron chi connectivity index (χ4n) is 3.76. The number of aryl methyl sites for hydroxylation is 1. The first-order valence-corrected chi connectivity index (χ1v) is 7.85. The largest absolute Gasteiger partial charge is 0.386 e. The first-order valence-electron chi connectivity index (χ1n) is 7.85. The highest BCUT2D eigenvalue weighted by Gasteiger charge is 2.46. The Morgan fingerprint density at radius 1 is 1.14 bits per heavy atom. The summed E-state index contributed by atoms with van der Waals surface area (Å²) in [5.41, 5.74) is -0.106. The molecule has 0 spiro atoms. The van der Waals surface area contributed by atoms with E-state index in [1.54, 1.807) is 6.07 Å². The Morgan fingerprint density at radius 2 is 1.71 bits per heavy atom. The summed E-state index contributed by atoms with van der Waals surface area (Å²) in [6.07, 6.45) is 2.69. The number of hydrogen-bond acceptors (Lipinski definition) is 2. The molecule has 1 atom stereocenters. The number of aliphatic hydroxyl groups excluding tert-OH is 1. The molecule has 1 aliphatic carbocycles. The van der Waals surface area contributed by atoms with Crippen molar-refractivity contribution in [3.05, 3.63) is 34.9 Å². The van der Waals surface area contributed by atoms with Crippen LogP contribution in [0.1, 0.15) is 56.8 Å². The van der Waals surface area contributed by atoms with E-state index >= 15 is 0 Å². The van der Waals surface area contributed by atoms with E-state index in [9.17, 15) is 13.9 Å². The van der Waals surface area contributed by atoms with Crippen LogP contribution in [0.15, 0.2) is 12.1 Å². The predicted octanol–water partition coefficient (Wildman–Crippen LogP) is 3.96. The Kier molecular flexibility index (Phi) is 4.99. The number of likely N-dealkylation sites (N-methyl/N-ethyl adjacent to an activating group) is 1. The molecule has 2 nitrogen and oxygen atoms in total. The molecule has 1 fully saturated rings. The number of aliphatic hydroxyl groups is 1. The first kappa shape index (κ1) is 16.4. The number of nitrogens with zero attached hydrogens (tertiary/aromatic N) is 1. The van der Waals surface area contributed by atoms with Crippen LogP contribution in [0.2, 0.25) is 0 Å². The second-order valence-corrected chi connectivity index (χ2v) is 5.99. The van der Waals surface area contributed by atoms with Gasteiger partial charge in [-0.05, 0) is 38.4 Å². The molecular weight excluding hydrogens is 272 g/mol. The molecule has 1 aromatic rings. The number of hydrogen-bond donors (Lipinski definition) is 1. The van der Waals surface area contributed by atoms with Crippen molar-refractivity contribution in [1.29, 1.82) is 0 Å². The van der Waals surface area contributed by atoms with Crippen molar-refractivity contribution in [3.8, 4) is 0 Å². The smallest absolute Gasteiger partial charge is 0.164 e. The van der Waals surface area contributed by atoms with Crippen LogP contribution >= 0.6 is 0 Å². The van der Waals surface area contributed by atoms with Crippen molar-refractivity contribution < 1.29 is 13.9 Å². The van der Waals surface area contributed by atoms with Crippen LogP contribution in [-0.2, 0) is 0 Å². The van der Waals surface area contributed by atoms with Gasteiger partial charge in [0.15, 0.2) is 11.6 Å². The van der Waals surface area contributed by atoms with Gasteiger partial charge < -0.3 is 5.11 Å². The Bertz CT molecular complexity index is 494. The summed E-state index contributed by atoms with van der Waals surface area (Å²) in [4.78, 5) is 2.20. The van der Waals surface area contributed by atoms with Crippen LogP contribution in [0.3, 0.4) is 0 Å². The number of halogens is 2. The van der Waals surface area contributed by atoms with Gasteiger partial charge in [0, 0.05) is 5.56 Å². The minimum absolute atomic E-state index is 0.0897. The molecule has 0 saturated heterocycles. The zero-order valence-corrected chi connectivity index (χ0v) is 13.1. The molecule has 0 amide bonds. The second-order valence-electron chi connectivity index (χ2n) is 5.99. The minimum Gasteiger partial charge on any atom is -0.386 e. The van der Waals surface area contributed by atoms with Crippen molar-refractivity contribution in [2.75, 3.05) is 13.1 Å². The summed E-state index contributed by atoms with van der Waals surface area (Å²) in [5, 5.41) is 10.9. The molecule has 1 saturated carbocycles. The third kappa shape index (κ3) is 2.71. The molecule has 0 bridgehead atoms. The lowest BCUT2D eigenvalue weighted by molar-refractivity contribution is -0.0288. The highest BCUT2D eigenvalue weighted by Crippen LogP contribution is 2.45. The molecule has 0 aliphatic heterocycles. The summed E-state index contributed by atoms with van der Waals surface area (Å²) < 4.78 is 28.1. The van der Waals surface area contributed by atoms with E-state index < -0.39 is 23.3 Å². The van der Waals surface area contributed by atoms with Gasteiger partial charge in [0.25, 0.3) is 0 Å². The molecule has 21 heavy (non-hydrogen) atoms. The van der Waals surface area contributed by atoms with E-state index in [1.807, 2.05) is 13.8 Å². The highest BCUT2D eigenvalue weighted by atomic mass is 19.2. The summed E-state index contributed by atoms with van der Waals surface area (Å²) >= 11 is 0. The standard InChI is InChI=1S/C17H25F2NO/c1-4-20(5-2)17(10-6-7-11-17)16(21)13-9-8-12(3)14(18)15(13)19/h8-9,16,21H,4-7,10-11H2,1-3H3. The molecule has 0 aromatic heterocycles. The van der Waals surface area contributed by atoms with Crippen molar-refractivity contribution in [1.82, 2.24) is 4.90 Å². The molecule has 1 unspecified atom stereocenters. The number of rotatable bonds is 5. The lowest BCUT2D eigenvalue weighted by Gasteiger charge is -2.44. The van der Waals surface area contributed by atoms with Gasteiger partial charge in [0.1, 0.15) is 6.10 Å².